The Morgan fingerprint density at radius 2 is 1.77 bits per heavy atom. The van der Waals surface area contributed by atoms with E-state index in [1.165, 1.54) is 4.90 Å². The number of hydrogen-bond acceptors (Lipinski definition) is 3. The molecule has 6 nitrogen and oxygen atoms in total. The number of benzene rings is 2. The smallest absolute Gasteiger partial charge is 0.326 e. The third-order valence-electron chi connectivity index (χ3n) is 5.38. The molecule has 0 aliphatic carbocycles. The monoisotopic (exact) mass is 401 g/mol. The summed E-state index contributed by atoms with van der Waals surface area (Å²) in [6, 6.07) is 18.6. The Hall–Kier alpha value is -3.67. The van der Waals surface area contributed by atoms with E-state index < -0.39 is 12.0 Å². The van der Waals surface area contributed by atoms with Gasteiger partial charge in [0.2, 0.25) is 0 Å². The highest BCUT2D eigenvalue weighted by molar-refractivity contribution is 5.99. The van der Waals surface area contributed by atoms with Crippen molar-refractivity contribution in [1.82, 2.24) is 14.5 Å². The SMILES string of the molecule is CC(=Cc1ccccc1)C(=O)N1Cc2ncn(Cc3ccccc3)c2CC1C(=O)O. The molecule has 0 radical (unpaired) electrons. The molecule has 2 aromatic carbocycles. The molecular weight excluding hydrogens is 378 g/mol. The van der Waals surface area contributed by atoms with E-state index in [4.69, 9.17) is 0 Å². The largest absolute Gasteiger partial charge is 0.480 e. The van der Waals surface area contributed by atoms with E-state index in [2.05, 4.69) is 4.98 Å². The maximum atomic E-state index is 13.1. The van der Waals surface area contributed by atoms with E-state index in [9.17, 15) is 14.7 Å². The van der Waals surface area contributed by atoms with Gasteiger partial charge in [-0.3, -0.25) is 4.79 Å². The van der Waals surface area contributed by atoms with Crippen molar-refractivity contribution in [2.45, 2.75) is 32.5 Å². The number of rotatable bonds is 5. The fourth-order valence-corrected chi connectivity index (χ4v) is 3.82. The highest BCUT2D eigenvalue weighted by atomic mass is 16.4. The molecule has 0 spiro atoms. The Morgan fingerprint density at radius 3 is 2.43 bits per heavy atom. The van der Waals surface area contributed by atoms with Crippen molar-refractivity contribution in [2.75, 3.05) is 0 Å². The molecule has 152 valence electrons. The van der Waals surface area contributed by atoms with Gasteiger partial charge in [0.1, 0.15) is 6.04 Å². The summed E-state index contributed by atoms with van der Waals surface area (Å²) in [4.78, 5) is 31.0. The van der Waals surface area contributed by atoms with E-state index in [1.807, 2.05) is 65.2 Å². The standard InChI is InChI=1S/C24H23N3O3/c1-17(12-18-8-4-2-5-9-18)23(28)27-15-20-21(13-22(27)24(29)30)26(16-25-20)14-19-10-6-3-7-11-19/h2-12,16,22H,13-15H2,1H3,(H,29,30). The number of aliphatic carboxylic acids is 1. The molecule has 0 fully saturated rings. The van der Waals surface area contributed by atoms with E-state index in [1.54, 1.807) is 19.3 Å². The quantitative estimate of drug-likeness (QED) is 0.665. The maximum absolute atomic E-state index is 13.1. The summed E-state index contributed by atoms with van der Waals surface area (Å²) in [6.07, 6.45) is 3.75. The molecule has 0 saturated heterocycles. The second kappa shape index (κ2) is 8.37. The second-order valence-electron chi connectivity index (χ2n) is 7.48. The average Bonchev–Trinajstić information content (AvgIpc) is 3.15. The average molecular weight is 401 g/mol. The molecule has 2 heterocycles. The summed E-state index contributed by atoms with van der Waals surface area (Å²) in [5.74, 6) is -1.29. The molecule has 6 heteroatoms. The predicted octanol–water partition coefficient (Wildman–Crippen LogP) is 3.37. The van der Waals surface area contributed by atoms with Crippen LogP contribution in [0.2, 0.25) is 0 Å². The first-order chi connectivity index (χ1) is 14.5. The topological polar surface area (TPSA) is 75.4 Å². The van der Waals surface area contributed by atoms with Crippen LogP contribution < -0.4 is 0 Å². The van der Waals surface area contributed by atoms with Crippen LogP contribution in [0.1, 0.15) is 29.4 Å². The fraction of sp³-hybridized carbons (Fsp3) is 0.208. The van der Waals surface area contributed by atoms with Crippen molar-refractivity contribution in [2.24, 2.45) is 0 Å². The van der Waals surface area contributed by atoms with Crippen LogP contribution in [0.25, 0.3) is 6.08 Å². The highest BCUT2D eigenvalue weighted by Gasteiger charge is 2.37. The Bertz CT molecular complexity index is 1090. The molecule has 0 saturated carbocycles. The van der Waals surface area contributed by atoms with Gasteiger partial charge in [0.05, 0.1) is 18.6 Å². The van der Waals surface area contributed by atoms with Crippen LogP contribution >= 0.6 is 0 Å². The Kier molecular flexibility index (Phi) is 5.48. The molecule has 1 unspecified atom stereocenters. The number of nitrogens with zero attached hydrogens (tertiary/aromatic N) is 3. The first kappa shape index (κ1) is 19.6. The number of carboxylic acids is 1. The zero-order valence-corrected chi connectivity index (χ0v) is 16.7. The molecule has 3 aromatic rings. The number of fused-ring (bicyclic) bond motifs is 1. The van der Waals surface area contributed by atoms with Crippen molar-refractivity contribution in [3.63, 3.8) is 0 Å². The summed E-state index contributed by atoms with van der Waals surface area (Å²) in [5.41, 5.74) is 4.15. The van der Waals surface area contributed by atoms with Crippen LogP contribution in [0.5, 0.6) is 0 Å². The molecule has 4 rings (SSSR count). The lowest BCUT2D eigenvalue weighted by atomic mass is 10.0. The summed E-state index contributed by atoms with van der Waals surface area (Å²) in [6.45, 7) is 2.53. The van der Waals surface area contributed by atoms with Gasteiger partial charge in [-0.05, 0) is 24.1 Å². The predicted molar refractivity (Wildman–Crippen MR) is 114 cm³/mol. The van der Waals surface area contributed by atoms with Crippen LogP contribution in [0.15, 0.2) is 72.6 Å². The zero-order chi connectivity index (χ0) is 21.1. The van der Waals surface area contributed by atoms with Gasteiger partial charge in [0, 0.05) is 24.2 Å². The summed E-state index contributed by atoms with van der Waals surface area (Å²) in [7, 11) is 0. The van der Waals surface area contributed by atoms with Crippen LogP contribution in [0.4, 0.5) is 0 Å². The third kappa shape index (κ3) is 4.03. The van der Waals surface area contributed by atoms with E-state index in [0.29, 0.717) is 12.1 Å². The molecular formula is C24H23N3O3. The molecule has 30 heavy (non-hydrogen) atoms. The van der Waals surface area contributed by atoms with Gasteiger partial charge in [-0.25, -0.2) is 9.78 Å². The van der Waals surface area contributed by atoms with Crippen LogP contribution in [0, 0.1) is 0 Å². The number of carbonyl (C=O) groups is 2. The summed E-state index contributed by atoms with van der Waals surface area (Å²) in [5, 5.41) is 9.83. The molecule has 0 bridgehead atoms. The zero-order valence-electron chi connectivity index (χ0n) is 16.7. The Morgan fingerprint density at radius 1 is 1.10 bits per heavy atom. The van der Waals surface area contributed by atoms with Crippen molar-refractivity contribution >= 4 is 18.0 Å². The van der Waals surface area contributed by atoms with Gasteiger partial charge in [0.25, 0.3) is 5.91 Å². The van der Waals surface area contributed by atoms with Gasteiger partial charge in [-0.1, -0.05) is 60.7 Å². The maximum Gasteiger partial charge on any atom is 0.326 e. The number of imidazole rings is 1. The van der Waals surface area contributed by atoms with Gasteiger partial charge in [-0.15, -0.1) is 0 Å². The molecule has 1 aromatic heterocycles. The lowest BCUT2D eigenvalue weighted by Gasteiger charge is -2.33. The van der Waals surface area contributed by atoms with E-state index >= 15 is 0 Å². The minimum Gasteiger partial charge on any atom is -0.480 e. The fourth-order valence-electron chi connectivity index (χ4n) is 3.82. The number of carbonyl (C=O) groups excluding carboxylic acids is 1. The van der Waals surface area contributed by atoms with Crippen LogP contribution in [-0.2, 0) is 29.1 Å². The van der Waals surface area contributed by atoms with E-state index in [0.717, 1.165) is 22.5 Å². The van der Waals surface area contributed by atoms with E-state index in [-0.39, 0.29) is 18.9 Å². The Balaban J connectivity index is 1.60. The second-order valence-corrected chi connectivity index (χ2v) is 7.48. The number of amides is 1. The minimum atomic E-state index is -1.01. The van der Waals surface area contributed by atoms with Crippen LogP contribution in [-0.4, -0.2) is 37.5 Å². The lowest BCUT2D eigenvalue weighted by Crippen LogP contribution is -2.49. The first-order valence-electron chi connectivity index (χ1n) is 9.87. The van der Waals surface area contributed by atoms with Crippen molar-refractivity contribution < 1.29 is 14.7 Å². The molecule has 1 N–H and O–H groups in total. The molecule has 1 aliphatic rings. The number of carboxylic acid groups (broad SMARTS) is 1. The molecule has 1 atom stereocenters. The summed E-state index contributed by atoms with van der Waals surface area (Å²) >= 11 is 0. The van der Waals surface area contributed by atoms with Crippen molar-refractivity contribution in [1.29, 1.82) is 0 Å². The van der Waals surface area contributed by atoms with Gasteiger partial charge < -0.3 is 14.6 Å². The van der Waals surface area contributed by atoms with Crippen molar-refractivity contribution in [3.05, 3.63) is 95.1 Å². The molecule has 1 aliphatic heterocycles. The minimum absolute atomic E-state index is 0.187. The molecule has 1 amide bonds. The van der Waals surface area contributed by atoms with Gasteiger partial charge in [0.15, 0.2) is 0 Å². The number of aromatic nitrogens is 2. The van der Waals surface area contributed by atoms with Crippen LogP contribution in [0.3, 0.4) is 0 Å². The third-order valence-corrected chi connectivity index (χ3v) is 5.38. The first-order valence-corrected chi connectivity index (χ1v) is 9.87. The number of hydrogen-bond donors (Lipinski definition) is 1. The highest BCUT2D eigenvalue weighted by Crippen LogP contribution is 2.25. The van der Waals surface area contributed by atoms with Gasteiger partial charge >= 0.3 is 5.97 Å². The van der Waals surface area contributed by atoms with Gasteiger partial charge in [-0.2, -0.15) is 0 Å². The Labute approximate surface area is 175 Å². The lowest BCUT2D eigenvalue weighted by molar-refractivity contribution is -0.149. The normalized spacial score (nSPS) is 16.2. The van der Waals surface area contributed by atoms with Crippen molar-refractivity contribution in [3.8, 4) is 0 Å². The summed E-state index contributed by atoms with van der Waals surface area (Å²) < 4.78 is 1.98.